The van der Waals surface area contributed by atoms with Gasteiger partial charge in [0.1, 0.15) is 12.1 Å². The monoisotopic (exact) mass is 670 g/mol. The van der Waals surface area contributed by atoms with Crippen molar-refractivity contribution in [2.45, 2.75) is 134 Å². The van der Waals surface area contributed by atoms with Crippen molar-refractivity contribution in [3.63, 3.8) is 0 Å². The van der Waals surface area contributed by atoms with E-state index in [1.165, 1.54) is 6.07 Å². The molecule has 48 heavy (non-hydrogen) atoms. The van der Waals surface area contributed by atoms with Gasteiger partial charge in [0.25, 0.3) is 0 Å². The fourth-order valence-corrected chi connectivity index (χ4v) is 10.2. The zero-order valence-corrected chi connectivity index (χ0v) is 28.5. The van der Waals surface area contributed by atoms with Crippen LogP contribution in [-0.2, 0) is 19.1 Å². The number of ether oxygens (including phenoxy) is 1. The Morgan fingerprint density at radius 3 is 2.50 bits per heavy atom. The molecule has 12 nitrogen and oxygen atoms in total. The molecular weight excluding hydrogens is 616 g/mol. The molecule has 0 saturated heterocycles. The van der Waals surface area contributed by atoms with Crippen LogP contribution in [0.25, 0.3) is 0 Å². The summed E-state index contributed by atoms with van der Waals surface area (Å²) in [5, 5.41) is 24.4. The van der Waals surface area contributed by atoms with Gasteiger partial charge in [0.05, 0.1) is 11.9 Å². The lowest BCUT2D eigenvalue weighted by molar-refractivity contribution is -0.207. The second-order valence-corrected chi connectivity index (χ2v) is 15.4. The summed E-state index contributed by atoms with van der Waals surface area (Å²) in [6, 6.07) is 2.34. The van der Waals surface area contributed by atoms with Crippen molar-refractivity contribution in [3.8, 4) is 0 Å². The van der Waals surface area contributed by atoms with Crippen LogP contribution < -0.4 is 22.4 Å². The van der Waals surface area contributed by atoms with Gasteiger partial charge in [-0.15, -0.1) is 0 Å². The second-order valence-electron chi connectivity index (χ2n) is 15.4. The lowest BCUT2D eigenvalue weighted by Gasteiger charge is -2.63. The summed E-state index contributed by atoms with van der Waals surface area (Å²) >= 11 is 0. The van der Waals surface area contributed by atoms with E-state index in [2.05, 4.69) is 24.2 Å². The first-order chi connectivity index (χ1) is 22.8. The van der Waals surface area contributed by atoms with Gasteiger partial charge >= 0.3 is 17.6 Å². The summed E-state index contributed by atoms with van der Waals surface area (Å²) < 4.78 is 11.2. The molecule has 0 bridgehead atoms. The standard InChI is InChI=1S/C36H54N4O8/c1-34-16-13-24(48-31(43)8-4-3-7-29(41)40-28(32(44)45)6-5-19-39-33(37)38)20-23(34)10-11-27-26(34)14-17-35(2)25(15-18-36(27,35)46)22-9-12-30(42)47-21-22/h9,12,21,23-28,46H,3-8,10-11,13-20H2,1-2H3,(H,40,41)(H,44,45)(H4,37,38,39). The highest BCUT2D eigenvalue weighted by atomic mass is 16.5. The third-order valence-corrected chi connectivity index (χ3v) is 12.8. The molecule has 1 aromatic rings. The van der Waals surface area contributed by atoms with Crippen molar-refractivity contribution in [2.24, 2.45) is 45.0 Å². The first-order valence-corrected chi connectivity index (χ1v) is 17.8. The number of hydrogen-bond acceptors (Lipinski definition) is 8. The molecule has 9 unspecified atom stereocenters. The molecule has 0 aromatic carbocycles. The van der Waals surface area contributed by atoms with Crippen LogP contribution in [-0.4, -0.2) is 58.3 Å². The number of unbranched alkanes of at least 4 members (excludes halogenated alkanes) is 1. The number of aliphatic carboxylic acids is 1. The molecule has 5 rings (SSSR count). The summed E-state index contributed by atoms with van der Waals surface area (Å²) in [7, 11) is 0. The van der Waals surface area contributed by atoms with Crippen molar-refractivity contribution in [2.75, 3.05) is 6.54 Å². The van der Waals surface area contributed by atoms with Gasteiger partial charge in [0.2, 0.25) is 5.91 Å². The summed E-state index contributed by atoms with van der Waals surface area (Å²) in [6.45, 7) is 4.93. The lowest BCUT2D eigenvalue weighted by Crippen LogP contribution is -2.62. The third kappa shape index (κ3) is 7.28. The van der Waals surface area contributed by atoms with Crippen molar-refractivity contribution in [1.29, 1.82) is 0 Å². The molecule has 12 heteroatoms. The Hall–Kier alpha value is -3.41. The Balaban J connectivity index is 1.07. The number of hydrogen-bond donors (Lipinski definition) is 5. The highest BCUT2D eigenvalue weighted by Crippen LogP contribution is 2.70. The first kappa shape index (κ1) is 35.9. The maximum atomic E-state index is 12.8. The number of carboxylic acid groups (broad SMARTS) is 1. The zero-order valence-electron chi connectivity index (χ0n) is 28.5. The van der Waals surface area contributed by atoms with E-state index in [1.807, 2.05) is 6.07 Å². The minimum absolute atomic E-state index is 0.0618. The molecule has 4 fully saturated rings. The van der Waals surface area contributed by atoms with E-state index >= 15 is 0 Å². The van der Waals surface area contributed by atoms with Crippen LogP contribution in [0.15, 0.2) is 32.6 Å². The van der Waals surface area contributed by atoms with E-state index in [0.717, 1.165) is 63.4 Å². The topological polar surface area (TPSA) is 208 Å². The van der Waals surface area contributed by atoms with Crippen LogP contribution in [0.1, 0.15) is 122 Å². The Morgan fingerprint density at radius 2 is 1.79 bits per heavy atom. The molecular formula is C36H54N4O8. The van der Waals surface area contributed by atoms with E-state index in [4.69, 9.17) is 20.6 Å². The van der Waals surface area contributed by atoms with Gasteiger partial charge in [-0.25, -0.2) is 9.59 Å². The number of nitrogens with two attached hydrogens (primary N) is 2. The maximum Gasteiger partial charge on any atom is 0.335 e. The summed E-state index contributed by atoms with van der Waals surface area (Å²) in [5.74, 6) is -0.547. The van der Waals surface area contributed by atoms with E-state index in [-0.39, 0.29) is 78.0 Å². The number of aliphatic hydroxyl groups is 1. The van der Waals surface area contributed by atoms with Gasteiger partial charge in [-0.2, -0.15) is 0 Å². The number of fused-ring (bicyclic) bond motifs is 5. The van der Waals surface area contributed by atoms with Crippen molar-refractivity contribution < 1.29 is 33.8 Å². The molecule has 266 valence electrons. The summed E-state index contributed by atoms with van der Waals surface area (Å²) in [6.07, 6.45) is 11.6. The van der Waals surface area contributed by atoms with Gasteiger partial charge in [-0.3, -0.25) is 14.6 Å². The number of nitrogens with zero attached hydrogens (tertiary/aromatic N) is 1. The number of guanidine groups is 1. The summed E-state index contributed by atoms with van der Waals surface area (Å²) in [5.41, 5.74) is 10.3. The minimum Gasteiger partial charge on any atom is -0.480 e. The summed E-state index contributed by atoms with van der Waals surface area (Å²) in [4.78, 5) is 52.0. The Kier molecular flexibility index (Phi) is 10.9. The number of aliphatic imine (C=N–C) groups is 1. The van der Waals surface area contributed by atoms with E-state index < -0.39 is 17.6 Å². The fraction of sp³-hybridized carbons (Fsp3) is 0.750. The van der Waals surface area contributed by atoms with E-state index in [1.54, 1.807) is 6.26 Å². The molecule has 9 atom stereocenters. The van der Waals surface area contributed by atoms with Gasteiger partial charge in [0.15, 0.2) is 5.96 Å². The number of esters is 1. The average molecular weight is 671 g/mol. The number of carboxylic acids is 1. The number of carbonyl (C=O) groups is 3. The largest absolute Gasteiger partial charge is 0.480 e. The quantitative estimate of drug-likeness (QED) is 0.0883. The molecule has 1 aromatic heterocycles. The normalized spacial score (nSPS) is 34.5. The smallest absolute Gasteiger partial charge is 0.335 e. The van der Waals surface area contributed by atoms with Gasteiger partial charge in [-0.1, -0.05) is 13.8 Å². The fourth-order valence-electron chi connectivity index (χ4n) is 10.2. The number of rotatable bonds is 13. The van der Waals surface area contributed by atoms with Gasteiger partial charge in [-0.05, 0) is 124 Å². The van der Waals surface area contributed by atoms with Crippen molar-refractivity contribution in [3.05, 3.63) is 34.4 Å². The number of amides is 1. The van der Waals surface area contributed by atoms with Crippen molar-refractivity contribution in [1.82, 2.24) is 5.32 Å². The van der Waals surface area contributed by atoms with Gasteiger partial charge < -0.3 is 36.2 Å². The van der Waals surface area contributed by atoms with Gasteiger partial charge in [0, 0.05) is 30.9 Å². The molecule has 1 amide bonds. The van der Waals surface area contributed by atoms with Crippen LogP contribution in [0.4, 0.5) is 0 Å². The Labute approximate surface area is 282 Å². The molecule has 0 radical (unpaired) electrons. The second kappa shape index (κ2) is 14.6. The highest BCUT2D eigenvalue weighted by Gasteiger charge is 2.67. The number of carbonyl (C=O) groups excluding carboxylic acids is 2. The van der Waals surface area contributed by atoms with Crippen LogP contribution in [0.5, 0.6) is 0 Å². The molecule has 0 aliphatic heterocycles. The molecule has 4 aliphatic carbocycles. The predicted octanol–water partition coefficient (Wildman–Crippen LogP) is 3.98. The molecule has 0 spiro atoms. The SMILES string of the molecule is CC12CCC(OC(=O)CCCCC(=O)NC(CCCN=C(N)N)C(=O)O)CC1CCC1C2CCC2(C)C(c3ccc(=O)oc3)CCC12O. The van der Waals surface area contributed by atoms with Crippen LogP contribution in [0.2, 0.25) is 0 Å². The maximum absolute atomic E-state index is 12.8. The Morgan fingerprint density at radius 1 is 1.02 bits per heavy atom. The lowest BCUT2D eigenvalue weighted by atomic mass is 9.43. The molecule has 4 aliphatic rings. The molecule has 7 N–H and O–H groups in total. The predicted molar refractivity (Wildman–Crippen MR) is 179 cm³/mol. The van der Waals surface area contributed by atoms with E-state index in [9.17, 15) is 29.4 Å². The van der Waals surface area contributed by atoms with E-state index in [0.29, 0.717) is 31.1 Å². The molecule has 1 heterocycles. The Bertz CT molecular complexity index is 1410. The van der Waals surface area contributed by atoms with Crippen LogP contribution in [0, 0.1) is 28.6 Å². The first-order valence-electron chi connectivity index (χ1n) is 17.8. The molecule has 4 saturated carbocycles. The number of nitrogens with one attached hydrogen (secondary N) is 1. The average Bonchev–Trinajstić information content (AvgIpc) is 3.32. The minimum atomic E-state index is -1.11. The van der Waals surface area contributed by atoms with Crippen LogP contribution in [0.3, 0.4) is 0 Å². The zero-order chi connectivity index (χ0) is 34.7. The third-order valence-electron chi connectivity index (χ3n) is 12.8. The van der Waals surface area contributed by atoms with Crippen molar-refractivity contribution >= 4 is 23.8 Å². The van der Waals surface area contributed by atoms with Crippen LogP contribution >= 0.6 is 0 Å². The highest BCUT2D eigenvalue weighted by molar-refractivity contribution is 5.83.